The van der Waals surface area contributed by atoms with Crippen LogP contribution in [0.2, 0.25) is 0 Å². The third-order valence-electron chi connectivity index (χ3n) is 8.80. The van der Waals surface area contributed by atoms with Crippen LogP contribution in [0.4, 0.5) is 11.4 Å². The van der Waals surface area contributed by atoms with Gasteiger partial charge in [0.1, 0.15) is 11.5 Å². The van der Waals surface area contributed by atoms with Crippen molar-refractivity contribution in [3.05, 3.63) is 125 Å². The number of Topliss-reactive ketones (excluding diaryl/α,β-unsaturated/α-hetero) is 2. The first kappa shape index (κ1) is 25.8. The van der Waals surface area contributed by atoms with Crippen molar-refractivity contribution in [3.8, 4) is 11.5 Å². The highest BCUT2D eigenvalue weighted by molar-refractivity contribution is 6.20. The number of carbonyl (C=O) groups excluding carboxylic acids is 3. The average molecular weight is 557 g/mol. The highest BCUT2D eigenvalue weighted by Gasteiger charge is 2.71. The number of hydrogen-bond acceptors (Lipinski definition) is 6. The Morgan fingerprint density at radius 2 is 1.50 bits per heavy atom. The number of amides is 1. The molecule has 7 nitrogen and oxygen atoms in total. The molecule has 7 rings (SSSR count). The fourth-order valence-corrected chi connectivity index (χ4v) is 7.07. The lowest BCUT2D eigenvalue weighted by molar-refractivity contribution is -0.121. The molecule has 4 atom stereocenters. The molecule has 1 spiro atoms. The van der Waals surface area contributed by atoms with Crippen LogP contribution in [-0.4, -0.2) is 43.8 Å². The molecule has 4 aromatic rings. The molecule has 1 saturated heterocycles. The van der Waals surface area contributed by atoms with Gasteiger partial charge >= 0.3 is 0 Å². The second kappa shape index (κ2) is 9.73. The van der Waals surface area contributed by atoms with Crippen LogP contribution in [0.5, 0.6) is 11.5 Å². The molecule has 4 aromatic carbocycles. The van der Waals surface area contributed by atoms with E-state index < -0.39 is 23.4 Å². The van der Waals surface area contributed by atoms with E-state index >= 15 is 0 Å². The number of benzene rings is 4. The monoisotopic (exact) mass is 556 g/mol. The van der Waals surface area contributed by atoms with Crippen molar-refractivity contribution in [1.29, 1.82) is 0 Å². The lowest BCUT2D eigenvalue weighted by atomic mass is 9.63. The maximum atomic E-state index is 14.9. The van der Waals surface area contributed by atoms with Gasteiger partial charge in [-0.1, -0.05) is 78.9 Å². The molecule has 3 aliphatic heterocycles. The molecule has 0 radical (unpaired) electrons. The predicted octanol–water partition coefficient (Wildman–Crippen LogP) is 5.56. The van der Waals surface area contributed by atoms with Crippen molar-refractivity contribution in [2.45, 2.75) is 17.5 Å². The van der Waals surface area contributed by atoms with Crippen molar-refractivity contribution in [1.82, 2.24) is 0 Å². The van der Waals surface area contributed by atoms with Gasteiger partial charge in [-0.25, -0.2) is 0 Å². The largest absolute Gasteiger partial charge is 0.493 e. The number of hydrogen-bond donors (Lipinski definition) is 1. The first-order valence-corrected chi connectivity index (χ1v) is 13.8. The van der Waals surface area contributed by atoms with E-state index in [4.69, 9.17) is 9.47 Å². The van der Waals surface area contributed by atoms with Gasteiger partial charge in [0.2, 0.25) is 5.91 Å². The fraction of sp³-hybridized carbons (Fsp3) is 0.171. The molecule has 3 aliphatic rings. The van der Waals surface area contributed by atoms with E-state index in [2.05, 4.69) is 5.32 Å². The molecular formula is C35H28N2O5. The molecular weight excluding hydrogens is 528 g/mol. The summed E-state index contributed by atoms with van der Waals surface area (Å²) in [6.45, 7) is 0. The van der Waals surface area contributed by atoms with E-state index in [0.717, 1.165) is 11.3 Å². The summed E-state index contributed by atoms with van der Waals surface area (Å²) in [6.07, 6.45) is 3.95. The molecule has 3 heterocycles. The van der Waals surface area contributed by atoms with E-state index in [1.165, 1.54) is 14.2 Å². The predicted molar refractivity (Wildman–Crippen MR) is 160 cm³/mol. The Morgan fingerprint density at radius 1 is 0.786 bits per heavy atom. The molecule has 0 aromatic heterocycles. The van der Waals surface area contributed by atoms with Gasteiger partial charge in [0, 0.05) is 22.5 Å². The minimum absolute atomic E-state index is 0.191. The Labute approximate surface area is 243 Å². The van der Waals surface area contributed by atoms with Gasteiger partial charge in [0.15, 0.2) is 23.1 Å². The number of rotatable bonds is 6. The summed E-state index contributed by atoms with van der Waals surface area (Å²) in [5.74, 6) is -0.843. The highest BCUT2D eigenvalue weighted by Crippen LogP contribution is 2.58. The van der Waals surface area contributed by atoms with Gasteiger partial charge in [-0.2, -0.15) is 0 Å². The van der Waals surface area contributed by atoms with Crippen molar-refractivity contribution >= 4 is 34.9 Å². The number of nitrogens with zero attached hydrogens (tertiary/aromatic N) is 1. The number of nitrogens with one attached hydrogen (secondary N) is 1. The van der Waals surface area contributed by atoms with Crippen LogP contribution in [0.3, 0.4) is 0 Å². The smallest absolute Gasteiger partial charge is 0.238 e. The molecule has 0 saturated carbocycles. The Hall–Kier alpha value is -5.17. The molecule has 208 valence electrons. The number of para-hydroxylation sites is 2. The number of ether oxygens (including phenoxy) is 2. The Bertz CT molecular complexity index is 1780. The normalized spacial score (nSPS) is 23.1. The van der Waals surface area contributed by atoms with Crippen molar-refractivity contribution in [3.63, 3.8) is 0 Å². The summed E-state index contributed by atoms with van der Waals surface area (Å²) in [4.78, 5) is 46.1. The van der Waals surface area contributed by atoms with Crippen LogP contribution < -0.4 is 19.7 Å². The van der Waals surface area contributed by atoms with E-state index in [1.54, 1.807) is 30.3 Å². The molecule has 42 heavy (non-hydrogen) atoms. The van der Waals surface area contributed by atoms with Crippen LogP contribution in [0.25, 0.3) is 6.08 Å². The number of fused-ring (bicyclic) bond motifs is 5. The first-order valence-electron chi connectivity index (χ1n) is 13.8. The third-order valence-corrected chi connectivity index (χ3v) is 8.80. The quantitative estimate of drug-likeness (QED) is 0.313. The van der Waals surface area contributed by atoms with Gasteiger partial charge in [-0.05, 0) is 41.5 Å². The van der Waals surface area contributed by atoms with Crippen LogP contribution in [0.1, 0.15) is 31.8 Å². The standard InChI is InChI=1S/C35H28N2O5/c1-41-28-19-17-23(20-29(28)42-2)32(39)33-35(24-13-7-8-14-25(24)36-34(35)40)30(31(38)22-11-4-3-5-12-22)27-18-16-21-10-6-9-15-26(21)37(27)33/h3-20,27,30,33H,1-2H3,(H,36,40). The van der Waals surface area contributed by atoms with Crippen LogP contribution in [0, 0.1) is 5.92 Å². The molecule has 4 unspecified atom stereocenters. The second-order valence-electron chi connectivity index (χ2n) is 10.7. The van der Waals surface area contributed by atoms with E-state index in [-0.39, 0.29) is 17.5 Å². The van der Waals surface area contributed by atoms with Crippen molar-refractivity contribution < 1.29 is 23.9 Å². The maximum absolute atomic E-state index is 14.9. The Balaban J connectivity index is 1.53. The number of anilines is 2. The lowest BCUT2D eigenvalue weighted by Crippen LogP contribution is -2.55. The van der Waals surface area contributed by atoms with Crippen LogP contribution in [0.15, 0.2) is 103 Å². The van der Waals surface area contributed by atoms with Gasteiger partial charge in [-0.3, -0.25) is 14.4 Å². The molecule has 0 bridgehead atoms. The van der Waals surface area contributed by atoms with Gasteiger partial charge in [0.25, 0.3) is 0 Å². The third kappa shape index (κ3) is 3.49. The average Bonchev–Trinajstić information content (AvgIpc) is 3.52. The Morgan fingerprint density at radius 3 is 2.29 bits per heavy atom. The zero-order chi connectivity index (χ0) is 29.0. The van der Waals surface area contributed by atoms with E-state index in [9.17, 15) is 14.4 Å². The summed E-state index contributed by atoms with van der Waals surface area (Å²) in [7, 11) is 3.05. The lowest BCUT2D eigenvalue weighted by Gasteiger charge is -2.37. The fourth-order valence-electron chi connectivity index (χ4n) is 7.07. The second-order valence-corrected chi connectivity index (χ2v) is 10.7. The zero-order valence-corrected chi connectivity index (χ0v) is 23.1. The summed E-state index contributed by atoms with van der Waals surface area (Å²) in [5.41, 5.74) is 2.29. The zero-order valence-electron chi connectivity index (χ0n) is 23.1. The van der Waals surface area contributed by atoms with Gasteiger partial charge < -0.3 is 19.7 Å². The summed E-state index contributed by atoms with van der Waals surface area (Å²) < 4.78 is 10.9. The molecule has 1 fully saturated rings. The van der Waals surface area contributed by atoms with Crippen molar-refractivity contribution in [2.24, 2.45) is 5.92 Å². The molecule has 0 aliphatic carbocycles. The SMILES string of the molecule is COc1ccc(C(=O)C2N3c4ccccc4C=CC3C(C(=O)c3ccccc3)C23C(=O)Nc2ccccc23)cc1OC. The minimum atomic E-state index is -1.51. The van der Waals surface area contributed by atoms with Crippen LogP contribution >= 0.6 is 0 Å². The summed E-state index contributed by atoms with van der Waals surface area (Å²) >= 11 is 0. The number of ketones is 2. The summed E-state index contributed by atoms with van der Waals surface area (Å²) in [5, 5.41) is 3.04. The minimum Gasteiger partial charge on any atom is -0.493 e. The topological polar surface area (TPSA) is 84.9 Å². The van der Waals surface area contributed by atoms with Gasteiger partial charge in [0.05, 0.1) is 26.2 Å². The maximum Gasteiger partial charge on any atom is 0.238 e. The van der Waals surface area contributed by atoms with E-state index in [1.807, 2.05) is 83.8 Å². The van der Waals surface area contributed by atoms with Gasteiger partial charge in [-0.15, -0.1) is 0 Å². The number of methoxy groups -OCH3 is 2. The molecule has 7 heteroatoms. The van der Waals surface area contributed by atoms with E-state index in [0.29, 0.717) is 33.9 Å². The summed E-state index contributed by atoms with van der Waals surface area (Å²) in [6, 6.07) is 27.6. The van der Waals surface area contributed by atoms with Crippen LogP contribution in [-0.2, 0) is 10.2 Å². The number of carbonyl (C=O) groups is 3. The van der Waals surface area contributed by atoms with Crippen molar-refractivity contribution in [2.75, 3.05) is 24.4 Å². The molecule has 1 amide bonds. The first-order chi connectivity index (χ1) is 20.5. The Kier molecular flexibility index (Phi) is 5.97. The highest BCUT2D eigenvalue weighted by atomic mass is 16.5. The molecule has 1 N–H and O–H groups in total.